The zero-order valence-corrected chi connectivity index (χ0v) is 8.13. The number of likely N-dealkylation sites (N-methyl/N-ethyl adjacent to an activating group) is 1. The molecule has 0 saturated carbocycles. The Balaban J connectivity index is 0. The zero-order chi connectivity index (χ0) is 12.6. The molecule has 0 radical (unpaired) electrons. The number of aliphatic carboxylic acids is 2. The summed E-state index contributed by atoms with van der Waals surface area (Å²) in [5.74, 6) is -3.56. The van der Waals surface area contributed by atoms with Crippen LogP contribution in [0, 0.1) is 0 Å². The molecule has 0 aromatic rings. The molecule has 0 aliphatic heterocycles. The van der Waals surface area contributed by atoms with Gasteiger partial charge in [0, 0.05) is 0 Å². The number of hydrogen-bond donors (Lipinski definition) is 3. The van der Waals surface area contributed by atoms with Gasteiger partial charge in [0.2, 0.25) is 0 Å². The number of alkyl halides is 3. The van der Waals surface area contributed by atoms with Gasteiger partial charge < -0.3 is 15.5 Å². The average molecular weight is 231 g/mol. The average Bonchev–Trinajstić information content (AvgIpc) is 2.03. The first-order valence-corrected chi connectivity index (χ1v) is 3.89. The Kier molecular flexibility index (Phi) is 7.58. The number of nitrogens with one attached hydrogen (secondary N) is 1. The van der Waals surface area contributed by atoms with Crippen molar-refractivity contribution in [2.75, 3.05) is 6.54 Å². The molecule has 0 bridgehead atoms. The van der Waals surface area contributed by atoms with Gasteiger partial charge in [0.1, 0.15) is 6.04 Å². The van der Waals surface area contributed by atoms with Crippen LogP contribution in [0.25, 0.3) is 0 Å². The topological polar surface area (TPSA) is 86.6 Å². The lowest BCUT2D eigenvalue weighted by Gasteiger charge is -2.03. The second-order valence-corrected chi connectivity index (χ2v) is 2.42. The van der Waals surface area contributed by atoms with Gasteiger partial charge in [-0.15, -0.1) is 0 Å². The van der Waals surface area contributed by atoms with E-state index in [1.807, 2.05) is 6.92 Å². The Morgan fingerprint density at radius 1 is 1.33 bits per heavy atom. The normalized spacial score (nSPS) is 12.3. The van der Waals surface area contributed by atoms with Crippen LogP contribution in [-0.4, -0.2) is 40.9 Å². The molecule has 90 valence electrons. The molecule has 0 aromatic carbocycles. The zero-order valence-electron chi connectivity index (χ0n) is 8.13. The molecule has 0 fully saturated rings. The molecule has 0 unspecified atom stereocenters. The lowest BCUT2D eigenvalue weighted by atomic mass is 10.3. The molecule has 0 rings (SSSR count). The molecule has 5 nitrogen and oxygen atoms in total. The summed E-state index contributed by atoms with van der Waals surface area (Å²) in [6.45, 7) is 4.19. The van der Waals surface area contributed by atoms with Crippen molar-refractivity contribution in [3.8, 4) is 0 Å². The fourth-order valence-corrected chi connectivity index (χ4v) is 0.393. The molecule has 1 atom stereocenters. The second kappa shape index (κ2) is 7.04. The van der Waals surface area contributed by atoms with Gasteiger partial charge in [-0.1, -0.05) is 6.92 Å². The summed E-state index contributed by atoms with van der Waals surface area (Å²) in [5, 5.41) is 18.1. The summed E-state index contributed by atoms with van der Waals surface area (Å²) in [5.41, 5.74) is 0. The number of rotatable bonds is 3. The first-order chi connectivity index (χ1) is 6.62. The van der Waals surface area contributed by atoms with Gasteiger partial charge in [0.15, 0.2) is 0 Å². The van der Waals surface area contributed by atoms with Crippen LogP contribution in [-0.2, 0) is 9.59 Å². The third kappa shape index (κ3) is 10.6. The minimum atomic E-state index is -5.08. The van der Waals surface area contributed by atoms with Crippen molar-refractivity contribution in [2.24, 2.45) is 0 Å². The van der Waals surface area contributed by atoms with Crippen LogP contribution in [0.1, 0.15) is 13.8 Å². The van der Waals surface area contributed by atoms with Crippen LogP contribution in [0.15, 0.2) is 0 Å². The van der Waals surface area contributed by atoms with Crippen molar-refractivity contribution in [2.45, 2.75) is 26.1 Å². The maximum Gasteiger partial charge on any atom is 0.490 e. The van der Waals surface area contributed by atoms with Gasteiger partial charge in [0.25, 0.3) is 0 Å². The second-order valence-electron chi connectivity index (χ2n) is 2.42. The highest BCUT2D eigenvalue weighted by Gasteiger charge is 2.38. The smallest absolute Gasteiger partial charge is 0.480 e. The van der Waals surface area contributed by atoms with E-state index in [1.54, 1.807) is 6.92 Å². The maximum absolute atomic E-state index is 10.6. The molecule has 0 spiro atoms. The Morgan fingerprint density at radius 3 is 1.73 bits per heavy atom. The van der Waals surface area contributed by atoms with Crippen molar-refractivity contribution in [3.63, 3.8) is 0 Å². The van der Waals surface area contributed by atoms with Crippen LogP contribution in [0.3, 0.4) is 0 Å². The van der Waals surface area contributed by atoms with Gasteiger partial charge in [-0.3, -0.25) is 4.79 Å². The van der Waals surface area contributed by atoms with Crippen molar-refractivity contribution in [1.82, 2.24) is 5.32 Å². The van der Waals surface area contributed by atoms with Crippen LogP contribution in [0.5, 0.6) is 0 Å². The standard InChI is InChI=1S/C5H11NO2.C2HF3O2/c1-3-6-4(2)5(7)8;3-2(4,5)1(6)7/h4,6H,3H2,1-2H3,(H,7,8);(H,6,7)/t4-;/m0./s1. The molecule has 0 aliphatic rings. The summed E-state index contributed by atoms with van der Waals surface area (Å²) in [6, 6.07) is -0.417. The van der Waals surface area contributed by atoms with Gasteiger partial charge in [0.05, 0.1) is 0 Å². The van der Waals surface area contributed by atoms with Crippen molar-refractivity contribution >= 4 is 11.9 Å². The van der Waals surface area contributed by atoms with Crippen LogP contribution in [0.4, 0.5) is 13.2 Å². The summed E-state index contributed by atoms with van der Waals surface area (Å²) in [7, 11) is 0. The van der Waals surface area contributed by atoms with Gasteiger partial charge in [-0.25, -0.2) is 4.79 Å². The predicted molar refractivity (Wildman–Crippen MR) is 44.5 cm³/mol. The van der Waals surface area contributed by atoms with Gasteiger partial charge in [-0.2, -0.15) is 13.2 Å². The van der Waals surface area contributed by atoms with Crippen molar-refractivity contribution in [3.05, 3.63) is 0 Å². The van der Waals surface area contributed by atoms with E-state index in [0.717, 1.165) is 0 Å². The number of carboxylic acid groups (broad SMARTS) is 2. The molecule has 0 amide bonds. The molecule has 3 N–H and O–H groups in total. The Morgan fingerprint density at radius 2 is 1.67 bits per heavy atom. The summed E-state index contributed by atoms with van der Waals surface area (Å²) in [6.07, 6.45) is -5.08. The van der Waals surface area contributed by atoms with Crippen LogP contribution in [0.2, 0.25) is 0 Å². The third-order valence-corrected chi connectivity index (χ3v) is 1.12. The Bertz CT molecular complexity index is 217. The largest absolute Gasteiger partial charge is 0.490 e. The number of hydrogen-bond acceptors (Lipinski definition) is 3. The summed E-state index contributed by atoms with van der Waals surface area (Å²) < 4.78 is 31.7. The minimum absolute atomic E-state index is 0.417. The molecule has 0 saturated heterocycles. The maximum atomic E-state index is 10.6. The minimum Gasteiger partial charge on any atom is -0.480 e. The highest BCUT2D eigenvalue weighted by atomic mass is 19.4. The highest BCUT2D eigenvalue weighted by Crippen LogP contribution is 2.13. The first-order valence-electron chi connectivity index (χ1n) is 3.89. The van der Waals surface area contributed by atoms with Crippen LogP contribution >= 0.6 is 0 Å². The van der Waals surface area contributed by atoms with E-state index in [2.05, 4.69) is 5.32 Å². The van der Waals surface area contributed by atoms with E-state index in [0.29, 0.717) is 6.54 Å². The lowest BCUT2D eigenvalue weighted by molar-refractivity contribution is -0.192. The Hall–Kier alpha value is -1.31. The fraction of sp³-hybridized carbons (Fsp3) is 0.714. The molecule has 8 heteroatoms. The van der Waals surface area contributed by atoms with E-state index >= 15 is 0 Å². The number of carbonyl (C=O) groups is 2. The SMILES string of the molecule is CCN[C@@H](C)C(=O)O.O=C(O)C(F)(F)F. The highest BCUT2D eigenvalue weighted by molar-refractivity contribution is 5.73. The molecule has 0 heterocycles. The summed E-state index contributed by atoms with van der Waals surface area (Å²) >= 11 is 0. The Labute approximate surface area is 83.9 Å². The predicted octanol–water partition coefficient (Wildman–Crippen LogP) is 0.702. The number of carboxylic acids is 2. The van der Waals surface area contributed by atoms with E-state index in [1.165, 1.54) is 0 Å². The third-order valence-electron chi connectivity index (χ3n) is 1.12. The molecular weight excluding hydrogens is 219 g/mol. The van der Waals surface area contributed by atoms with Crippen LogP contribution < -0.4 is 5.32 Å². The molecule has 0 aromatic heterocycles. The summed E-state index contributed by atoms with van der Waals surface area (Å²) in [4.78, 5) is 18.9. The van der Waals surface area contributed by atoms with E-state index in [-0.39, 0.29) is 0 Å². The molecule has 15 heavy (non-hydrogen) atoms. The monoisotopic (exact) mass is 231 g/mol. The van der Waals surface area contributed by atoms with E-state index in [9.17, 15) is 18.0 Å². The number of halogens is 3. The first kappa shape index (κ1) is 16.1. The van der Waals surface area contributed by atoms with Crippen molar-refractivity contribution in [1.29, 1.82) is 0 Å². The van der Waals surface area contributed by atoms with E-state index in [4.69, 9.17) is 15.0 Å². The van der Waals surface area contributed by atoms with E-state index < -0.39 is 24.2 Å². The van der Waals surface area contributed by atoms with Crippen molar-refractivity contribution < 1.29 is 33.0 Å². The lowest BCUT2D eigenvalue weighted by Crippen LogP contribution is -2.33. The molecule has 0 aliphatic carbocycles. The quantitative estimate of drug-likeness (QED) is 0.665. The van der Waals surface area contributed by atoms with Gasteiger partial charge in [-0.05, 0) is 13.5 Å². The van der Waals surface area contributed by atoms with Gasteiger partial charge >= 0.3 is 18.1 Å². The molecular formula is C7H12F3NO4. The fourth-order valence-electron chi connectivity index (χ4n) is 0.393.